The van der Waals surface area contributed by atoms with Crippen molar-refractivity contribution in [1.82, 2.24) is 0 Å². The molecule has 0 N–H and O–H groups in total. The Kier molecular flexibility index (Phi) is 6.34. The van der Waals surface area contributed by atoms with Crippen molar-refractivity contribution >= 4 is 0 Å². The van der Waals surface area contributed by atoms with Gasteiger partial charge in [0.25, 0.3) is 0 Å². The first-order chi connectivity index (χ1) is 3.92. The molecule has 0 bridgehead atoms. The number of hydrogen-bond acceptors (Lipinski definition) is 0. The van der Waals surface area contributed by atoms with Crippen LogP contribution in [-0.2, 0) is 0 Å². The average Bonchev–Trinajstić information content (AvgIpc) is 1.59. The van der Waals surface area contributed by atoms with Crippen molar-refractivity contribution in [3.05, 3.63) is 18.6 Å². The van der Waals surface area contributed by atoms with Crippen LogP contribution in [0.4, 0.5) is 0 Å². The van der Waals surface area contributed by atoms with Gasteiger partial charge in [-0.3, -0.25) is 0 Å². The molecule has 0 aromatic rings. The van der Waals surface area contributed by atoms with Crippen molar-refractivity contribution < 1.29 is 18.9 Å². The first-order valence-corrected chi connectivity index (χ1v) is 3.40. The summed E-state index contributed by atoms with van der Waals surface area (Å²) in [4.78, 5) is 0. The molecule has 0 nitrogen and oxygen atoms in total. The van der Waals surface area contributed by atoms with Crippen LogP contribution in [0, 0.1) is 11.8 Å². The molecule has 0 saturated heterocycles. The summed E-state index contributed by atoms with van der Waals surface area (Å²) in [7, 11) is 0. The summed E-state index contributed by atoms with van der Waals surface area (Å²) in [5.41, 5.74) is 1.59. The van der Waals surface area contributed by atoms with Crippen LogP contribution in [0.2, 0.25) is 0 Å². The molecule has 0 fully saturated rings. The summed E-state index contributed by atoms with van der Waals surface area (Å²) in [6.45, 7) is 12.5. The van der Waals surface area contributed by atoms with E-state index in [0.717, 1.165) is 6.42 Å². The summed E-state index contributed by atoms with van der Waals surface area (Å²) in [6, 6.07) is 0. The van der Waals surface area contributed by atoms with Crippen LogP contribution in [0.15, 0.2) is 12.2 Å². The Morgan fingerprint density at radius 2 is 1.80 bits per heavy atom. The van der Waals surface area contributed by atoms with Crippen LogP contribution in [0.25, 0.3) is 0 Å². The monoisotopic (exact) mass is 132 g/mol. The molecule has 10 heavy (non-hydrogen) atoms. The van der Waals surface area contributed by atoms with Gasteiger partial charge in [0, 0.05) is 0 Å². The third-order valence-electron chi connectivity index (χ3n) is 1.06. The Bertz CT molecular complexity index is 97.8. The standard InChI is InChI=1S/C9H17.Li/c1-8(2)6-7-9(3,4)5;/h6H,1,7H2,2-5H3;/q-1;+1. The van der Waals surface area contributed by atoms with E-state index in [1.54, 1.807) is 0 Å². The Labute approximate surface area is 77.3 Å². The fraction of sp³-hybridized carbons (Fsp3) is 0.667. The molecule has 1 heteroatoms. The minimum absolute atomic E-state index is 0. The summed E-state index contributed by atoms with van der Waals surface area (Å²) in [5.74, 6) is 0. The second-order valence-corrected chi connectivity index (χ2v) is 3.82. The molecule has 0 aliphatic carbocycles. The first kappa shape index (κ1) is 12.8. The van der Waals surface area contributed by atoms with Gasteiger partial charge < -0.3 is 0 Å². The van der Waals surface area contributed by atoms with Gasteiger partial charge in [-0.05, 0) is 0 Å². The van der Waals surface area contributed by atoms with Gasteiger partial charge in [-0.1, -0.05) is 39.5 Å². The topological polar surface area (TPSA) is 0 Å². The quantitative estimate of drug-likeness (QED) is 0.372. The number of rotatable bonds is 2. The summed E-state index contributed by atoms with van der Waals surface area (Å²) in [5, 5.41) is 0. The molecule has 54 valence electrons. The van der Waals surface area contributed by atoms with Crippen LogP contribution in [0.3, 0.4) is 0 Å². The Morgan fingerprint density at radius 1 is 1.40 bits per heavy atom. The minimum Gasteiger partial charge on any atom is -0.242 e. The Hall–Kier alpha value is 0.207. The van der Waals surface area contributed by atoms with Gasteiger partial charge in [-0.2, -0.15) is 0 Å². The molecule has 0 rings (SSSR count). The van der Waals surface area contributed by atoms with Crippen LogP contribution in [0.5, 0.6) is 0 Å². The van der Waals surface area contributed by atoms with E-state index in [9.17, 15) is 0 Å². The van der Waals surface area contributed by atoms with E-state index in [0.29, 0.717) is 5.41 Å². The second kappa shape index (κ2) is 4.94. The summed E-state index contributed by atoms with van der Waals surface area (Å²) < 4.78 is 0. The van der Waals surface area contributed by atoms with E-state index < -0.39 is 0 Å². The van der Waals surface area contributed by atoms with Crippen molar-refractivity contribution in [3.63, 3.8) is 0 Å². The minimum atomic E-state index is 0. The Balaban J connectivity index is 0. The molecule has 0 radical (unpaired) electrons. The van der Waals surface area contributed by atoms with Crippen molar-refractivity contribution in [1.29, 1.82) is 0 Å². The average molecular weight is 132 g/mol. The van der Waals surface area contributed by atoms with Crippen molar-refractivity contribution in [2.45, 2.75) is 34.1 Å². The molecule has 0 aromatic carbocycles. The first-order valence-electron chi connectivity index (χ1n) is 3.40. The van der Waals surface area contributed by atoms with Gasteiger partial charge >= 0.3 is 18.9 Å². The van der Waals surface area contributed by atoms with E-state index in [1.165, 1.54) is 5.57 Å². The predicted molar refractivity (Wildman–Crippen MR) is 43.2 cm³/mol. The molecule has 0 amide bonds. The molecule has 0 atom stereocenters. The zero-order valence-electron chi connectivity index (χ0n) is 7.99. The zero-order valence-corrected chi connectivity index (χ0v) is 7.99. The third kappa shape index (κ3) is 11.1. The summed E-state index contributed by atoms with van der Waals surface area (Å²) >= 11 is 0. The number of hydrogen-bond donors (Lipinski definition) is 0. The van der Waals surface area contributed by atoms with Gasteiger partial charge in [0.15, 0.2) is 0 Å². The molecule has 0 aromatic heterocycles. The largest absolute Gasteiger partial charge is 1.00 e. The van der Waals surface area contributed by atoms with Gasteiger partial charge in [-0.15, -0.1) is 0 Å². The van der Waals surface area contributed by atoms with Crippen molar-refractivity contribution in [2.75, 3.05) is 0 Å². The van der Waals surface area contributed by atoms with Crippen LogP contribution >= 0.6 is 0 Å². The smallest absolute Gasteiger partial charge is 0.242 e. The van der Waals surface area contributed by atoms with E-state index in [2.05, 4.69) is 33.8 Å². The molecule has 0 heterocycles. The predicted octanol–water partition coefficient (Wildman–Crippen LogP) is 0.207. The van der Waals surface area contributed by atoms with Gasteiger partial charge in [0.2, 0.25) is 0 Å². The molecular weight excluding hydrogens is 115 g/mol. The Morgan fingerprint density at radius 3 is 1.90 bits per heavy atom. The number of allylic oxidation sites excluding steroid dienone is 1. The van der Waals surface area contributed by atoms with E-state index >= 15 is 0 Å². The SMILES string of the molecule is C=C(C)[CH-]CC(C)(C)C.[Li+]. The van der Waals surface area contributed by atoms with Crippen molar-refractivity contribution in [3.8, 4) is 0 Å². The maximum atomic E-state index is 3.80. The van der Waals surface area contributed by atoms with Gasteiger partial charge in [0.05, 0.1) is 0 Å². The summed E-state index contributed by atoms with van der Waals surface area (Å²) in [6.07, 6.45) is 3.31. The third-order valence-corrected chi connectivity index (χ3v) is 1.06. The van der Waals surface area contributed by atoms with E-state index in [1.807, 2.05) is 6.92 Å². The fourth-order valence-corrected chi connectivity index (χ4v) is 0.480. The van der Waals surface area contributed by atoms with E-state index in [-0.39, 0.29) is 18.9 Å². The molecule has 0 saturated carbocycles. The molecular formula is C9H17Li. The van der Waals surface area contributed by atoms with E-state index in [4.69, 9.17) is 0 Å². The fourth-order valence-electron chi connectivity index (χ4n) is 0.480. The zero-order chi connectivity index (χ0) is 7.49. The molecule has 0 aliphatic heterocycles. The molecule has 0 unspecified atom stereocenters. The second-order valence-electron chi connectivity index (χ2n) is 3.82. The maximum Gasteiger partial charge on any atom is 1.00 e. The van der Waals surface area contributed by atoms with Crippen LogP contribution in [-0.4, -0.2) is 0 Å². The van der Waals surface area contributed by atoms with Gasteiger partial charge in [0.1, 0.15) is 0 Å². The normalized spacial score (nSPS) is 10.0. The molecule has 0 aliphatic rings. The van der Waals surface area contributed by atoms with Crippen LogP contribution < -0.4 is 18.9 Å². The van der Waals surface area contributed by atoms with Crippen LogP contribution in [0.1, 0.15) is 34.1 Å². The molecule has 0 spiro atoms. The van der Waals surface area contributed by atoms with Gasteiger partial charge in [-0.25, -0.2) is 18.6 Å². The van der Waals surface area contributed by atoms with Crippen molar-refractivity contribution in [2.24, 2.45) is 5.41 Å². The maximum absolute atomic E-state index is 3.80.